The van der Waals surface area contributed by atoms with Gasteiger partial charge in [0.1, 0.15) is 30.0 Å². The molecule has 1 unspecified atom stereocenters. The molecule has 2 heterocycles. The average Bonchev–Trinajstić information content (AvgIpc) is 3.43. The standard InChI is InChI=1S/C24H25FN4O2/c1-16-17(2)29(14-21-4-3-11-31-21)24(22(16)12-26)27-23(30)15-28(20-9-10-20)13-18-5-7-19(25)8-6-18/h3-8,11,20H,9-10,13-15H2,1-2H3,(H,27,30)/p+1. The number of anilines is 1. The van der Waals surface area contributed by atoms with Crippen molar-refractivity contribution in [2.45, 2.75) is 45.8 Å². The summed E-state index contributed by atoms with van der Waals surface area (Å²) in [6, 6.07) is 12.8. The molecule has 1 aliphatic carbocycles. The van der Waals surface area contributed by atoms with Crippen LogP contribution in [-0.4, -0.2) is 23.1 Å². The summed E-state index contributed by atoms with van der Waals surface area (Å²) in [5.74, 6) is 0.857. The predicted octanol–water partition coefficient (Wildman–Crippen LogP) is 2.94. The summed E-state index contributed by atoms with van der Waals surface area (Å²) < 4.78 is 20.6. The number of halogens is 1. The van der Waals surface area contributed by atoms with Crippen LogP contribution < -0.4 is 10.2 Å². The lowest BCUT2D eigenvalue weighted by atomic mass is 10.2. The molecule has 6 nitrogen and oxygen atoms in total. The third kappa shape index (κ3) is 4.70. The van der Waals surface area contributed by atoms with Crippen LogP contribution in [0.3, 0.4) is 0 Å². The zero-order valence-electron chi connectivity index (χ0n) is 17.7. The van der Waals surface area contributed by atoms with Crippen LogP contribution in [0.1, 0.15) is 41.0 Å². The second-order valence-electron chi connectivity index (χ2n) is 8.17. The Labute approximate surface area is 180 Å². The molecule has 4 rings (SSSR count). The van der Waals surface area contributed by atoms with Crippen molar-refractivity contribution in [3.8, 4) is 6.07 Å². The molecule has 31 heavy (non-hydrogen) atoms. The zero-order chi connectivity index (χ0) is 22.0. The molecule has 0 aliphatic heterocycles. The number of amides is 1. The maximum atomic E-state index is 13.2. The van der Waals surface area contributed by atoms with Crippen molar-refractivity contribution in [3.63, 3.8) is 0 Å². The van der Waals surface area contributed by atoms with E-state index in [2.05, 4.69) is 11.4 Å². The first-order chi connectivity index (χ1) is 15.0. The van der Waals surface area contributed by atoms with E-state index in [0.717, 1.165) is 40.3 Å². The fourth-order valence-corrected chi connectivity index (χ4v) is 3.98. The van der Waals surface area contributed by atoms with Crippen molar-refractivity contribution in [1.82, 2.24) is 4.57 Å². The second kappa shape index (κ2) is 8.78. The molecule has 0 bridgehead atoms. The molecule has 160 valence electrons. The van der Waals surface area contributed by atoms with Gasteiger partial charge >= 0.3 is 0 Å². The van der Waals surface area contributed by atoms with Crippen molar-refractivity contribution >= 4 is 11.7 Å². The van der Waals surface area contributed by atoms with Gasteiger partial charge in [-0.1, -0.05) is 12.1 Å². The summed E-state index contributed by atoms with van der Waals surface area (Å²) in [5.41, 5.74) is 3.24. The van der Waals surface area contributed by atoms with Crippen LogP contribution in [0.5, 0.6) is 0 Å². The molecule has 0 spiro atoms. The maximum absolute atomic E-state index is 13.2. The normalized spacial score (nSPS) is 14.3. The molecule has 3 aromatic rings. The van der Waals surface area contributed by atoms with Gasteiger partial charge in [0, 0.05) is 24.1 Å². The zero-order valence-corrected chi connectivity index (χ0v) is 17.7. The molecule has 7 heteroatoms. The Kier molecular flexibility index (Phi) is 5.92. The van der Waals surface area contributed by atoms with Gasteiger partial charge < -0.3 is 19.2 Å². The average molecular weight is 421 g/mol. The summed E-state index contributed by atoms with van der Waals surface area (Å²) in [5, 5.41) is 12.7. The van der Waals surface area contributed by atoms with Crippen LogP contribution in [0.2, 0.25) is 0 Å². The molecule has 2 N–H and O–H groups in total. The topological polar surface area (TPSA) is 75.4 Å². The number of quaternary nitrogens is 1. The first-order valence-electron chi connectivity index (χ1n) is 10.5. The number of carbonyl (C=O) groups excluding carboxylic acids is 1. The molecule has 1 aromatic carbocycles. The van der Waals surface area contributed by atoms with Crippen LogP contribution in [0.25, 0.3) is 0 Å². The summed E-state index contributed by atoms with van der Waals surface area (Å²) in [6.07, 6.45) is 3.78. The van der Waals surface area contributed by atoms with E-state index in [1.165, 1.54) is 12.1 Å². The lowest BCUT2D eigenvalue weighted by Gasteiger charge is -2.19. The smallest absolute Gasteiger partial charge is 0.280 e. The summed E-state index contributed by atoms with van der Waals surface area (Å²) >= 11 is 0. The minimum atomic E-state index is -0.262. The van der Waals surface area contributed by atoms with Gasteiger partial charge in [0.2, 0.25) is 0 Å². The summed E-state index contributed by atoms with van der Waals surface area (Å²) in [4.78, 5) is 14.2. The fourth-order valence-electron chi connectivity index (χ4n) is 3.98. The lowest BCUT2D eigenvalue weighted by Crippen LogP contribution is -3.13. The van der Waals surface area contributed by atoms with E-state index >= 15 is 0 Å². The summed E-state index contributed by atoms with van der Waals surface area (Å²) in [7, 11) is 0. The van der Waals surface area contributed by atoms with Crippen LogP contribution in [0.15, 0.2) is 47.1 Å². The lowest BCUT2D eigenvalue weighted by molar-refractivity contribution is -0.916. The molecule has 0 saturated heterocycles. The van der Waals surface area contributed by atoms with Gasteiger partial charge in [0.15, 0.2) is 6.54 Å². The van der Waals surface area contributed by atoms with Crippen LogP contribution in [0, 0.1) is 31.0 Å². The van der Waals surface area contributed by atoms with Crippen molar-refractivity contribution in [1.29, 1.82) is 5.26 Å². The molecule has 1 fully saturated rings. The van der Waals surface area contributed by atoms with E-state index in [1.807, 2.05) is 30.5 Å². The van der Waals surface area contributed by atoms with E-state index in [4.69, 9.17) is 4.42 Å². The van der Waals surface area contributed by atoms with Crippen LogP contribution in [-0.2, 0) is 17.9 Å². The number of aromatic nitrogens is 1. The highest BCUT2D eigenvalue weighted by molar-refractivity contribution is 5.92. The highest BCUT2D eigenvalue weighted by Gasteiger charge is 2.35. The second-order valence-corrected chi connectivity index (χ2v) is 8.17. The maximum Gasteiger partial charge on any atom is 0.280 e. The minimum Gasteiger partial charge on any atom is -0.467 e. The molecule has 1 amide bonds. The number of rotatable bonds is 8. The third-order valence-electron chi connectivity index (χ3n) is 5.98. The Morgan fingerprint density at radius 1 is 1.29 bits per heavy atom. The fraction of sp³-hybridized carbons (Fsp3) is 0.333. The Morgan fingerprint density at radius 3 is 2.65 bits per heavy atom. The molecule has 1 atom stereocenters. The first-order valence-corrected chi connectivity index (χ1v) is 10.5. The van der Waals surface area contributed by atoms with Crippen molar-refractivity contribution in [2.75, 3.05) is 11.9 Å². The van der Waals surface area contributed by atoms with E-state index in [-0.39, 0.29) is 18.3 Å². The third-order valence-corrected chi connectivity index (χ3v) is 5.98. The van der Waals surface area contributed by atoms with E-state index in [9.17, 15) is 14.4 Å². The number of hydrogen-bond acceptors (Lipinski definition) is 3. The molecular weight excluding hydrogens is 395 g/mol. The Morgan fingerprint density at radius 2 is 2.03 bits per heavy atom. The monoisotopic (exact) mass is 421 g/mol. The SMILES string of the molecule is Cc1c(C#N)c(NC(=O)C[NH+](Cc2ccc(F)cc2)C2CC2)n(Cc2ccco2)c1C. The Balaban J connectivity index is 1.52. The minimum absolute atomic E-state index is 0.140. The highest BCUT2D eigenvalue weighted by Crippen LogP contribution is 2.27. The number of nitriles is 1. The molecular formula is C24H26FN4O2+. The number of nitrogens with zero attached hydrogens (tertiary/aromatic N) is 2. The number of benzene rings is 1. The van der Waals surface area contributed by atoms with Gasteiger partial charge in [-0.3, -0.25) is 4.79 Å². The van der Waals surface area contributed by atoms with Crippen molar-refractivity contribution in [2.24, 2.45) is 0 Å². The van der Waals surface area contributed by atoms with Crippen LogP contribution >= 0.6 is 0 Å². The van der Waals surface area contributed by atoms with Gasteiger partial charge in [-0.15, -0.1) is 0 Å². The van der Waals surface area contributed by atoms with Crippen LogP contribution in [0.4, 0.5) is 10.2 Å². The van der Waals surface area contributed by atoms with E-state index in [1.54, 1.807) is 18.4 Å². The highest BCUT2D eigenvalue weighted by atomic mass is 19.1. The molecule has 2 aromatic heterocycles. The van der Waals surface area contributed by atoms with Gasteiger partial charge in [0.05, 0.1) is 24.4 Å². The van der Waals surface area contributed by atoms with Crippen molar-refractivity contribution < 1.29 is 18.5 Å². The molecule has 1 aliphatic rings. The van der Waals surface area contributed by atoms with Gasteiger partial charge in [-0.2, -0.15) is 5.26 Å². The quantitative estimate of drug-likeness (QED) is 0.587. The number of hydrogen-bond donors (Lipinski definition) is 2. The largest absolute Gasteiger partial charge is 0.467 e. The summed E-state index contributed by atoms with van der Waals surface area (Å²) in [6.45, 7) is 5.21. The van der Waals surface area contributed by atoms with E-state index < -0.39 is 0 Å². The first kappa shape index (κ1) is 20.9. The van der Waals surface area contributed by atoms with E-state index in [0.29, 0.717) is 30.5 Å². The number of nitrogens with one attached hydrogen (secondary N) is 2. The molecule has 1 saturated carbocycles. The number of carbonyl (C=O) groups is 1. The Bertz CT molecular complexity index is 1110. The number of furan rings is 1. The Hall–Kier alpha value is -3.37. The van der Waals surface area contributed by atoms with Gasteiger partial charge in [-0.25, -0.2) is 4.39 Å². The van der Waals surface area contributed by atoms with Gasteiger partial charge in [-0.05, 0) is 43.7 Å². The van der Waals surface area contributed by atoms with Crippen molar-refractivity contribution in [3.05, 3.63) is 76.6 Å². The molecule has 0 radical (unpaired) electrons. The van der Waals surface area contributed by atoms with Gasteiger partial charge in [0.25, 0.3) is 5.91 Å². The predicted molar refractivity (Wildman–Crippen MR) is 114 cm³/mol.